The topological polar surface area (TPSA) is 71.0 Å². The maximum absolute atomic E-state index is 13.2. The van der Waals surface area contributed by atoms with Crippen molar-refractivity contribution >= 4 is 0 Å². The average molecular weight is 357 g/mol. The summed E-state index contributed by atoms with van der Waals surface area (Å²) in [4.78, 5) is 0. The highest BCUT2D eigenvalue weighted by atomic mass is 16.5. The first-order valence-corrected chi connectivity index (χ1v) is 8.65. The van der Waals surface area contributed by atoms with E-state index in [0.29, 0.717) is 36.6 Å². The number of aromatic hydroxyl groups is 1. The third kappa shape index (κ3) is 2.26. The molecule has 0 bridgehead atoms. The van der Waals surface area contributed by atoms with Gasteiger partial charge in [0.1, 0.15) is 6.04 Å². The largest absolute Gasteiger partial charge is 0.633 e. The Labute approximate surface area is 152 Å². The second-order valence-electron chi connectivity index (χ2n) is 7.11. The average Bonchev–Trinajstić information content (AvgIpc) is 2.63. The van der Waals surface area contributed by atoms with Crippen molar-refractivity contribution in [2.75, 3.05) is 34.9 Å². The molecule has 0 aromatic heterocycles. The molecule has 2 aromatic rings. The van der Waals surface area contributed by atoms with Crippen LogP contribution in [0.5, 0.6) is 23.0 Å². The number of likely N-dealkylation sites (N-methyl/N-ethyl adjacent to an activating group) is 1. The monoisotopic (exact) mass is 357 g/mol. The normalized spacial score (nSPS) is 23.0. The molecule has 2 aliphatic rings. The van der Waals surface area contributed by atoms with Gasteiger partial charge in [-0.15, -0.1) is 0 Å². The van der Waals surface area contributed by atoms with E-state index in [1.807, 2.05) is 12.1 Å². The van der Waals surface area contributed by atoms with Gasteiger partial charge in [-0.3, -0.25) is 0 Å². The molecular formula is C20H23NO5. The zero-order valence-corrected chi connectivity index (χ0v) is 15.5. The Morgan fingerprint density at radius 1 is 1.04 bits per heavy atom. The Bertz CT molecular complexity index is 891. The van der Waals surface area contributed by atoms with Crippen molar-refractivity contribution in [2.24, 2.45) is 0 Å². The maximum Gasteiger partial charge on any atom is 0.169 e. The van der Waals surface area contributed by atoms with Crippen LogP contribution in [0, 0.1) is 5.21 Å². The van der Waals surface area contributed by atoms with Gasteiger partial charge in [0, 0.05) is 24.0 Å². The minimum absolute atomic E-state index is 0.0766. The van der Waals surface area contributed by atoms with E-state index in [-0.39, 0.29) is 16.4 Å². The molecule has 2 atom stereocenters. The summed E-state index contributed by atoms with van der Waals surface area (Å²) >= 11 is 0. The summed E-state index contributed by atoms with van der Waals surface area (Å²) < 4.78 is 16.2. The van der Waals surface area contributed by atoms with Gasteiger partial charge in [0.15, 0.2) is 23.0 Å². The van der Waals surface area contributed by atoms with Crippen LogP contribution in [0.1, 0.15) is 22.7 Å². The predicted octanol–water partition coefficient (Wildman–Crippen LogP) is 3.18. The van der Waals surface area contributed by atoms with Crippen LogP contribution in [0.25, 0.3) is 11.1 Å². The molecule has 138 valence electrons. The lowest BCUT2D eigenvalue weighted by Gasteiger charge is -2.51. The Hall–Kier alpha value is -2.44. The fourth-order valence-electron chi connectivity index (χ4n) is 4.37. The van der Waals surface area contributed by atoms with E-state index < -0.39 is 0 Å². The molecule has 1 unspecified atom stereocenters. The van der Waals surface area contributed by atoms with Crippen molar-refractivity contribution in [2.45, 2.75) is 18.9 Å². The number of methoxy groups -OCH3 is 3. The number of fused-ring (bicyclic) bond motifs is 2. The molecule has 4 rings (SSSR count). The van der Waals surface area contributed by atoms with E-state index in [0.717, 1.165) is 27.8 Å². The van der Waals surface area contributed by atoms with Crippen molar-refractivity contribution in [1.29, 1.82) is 0 Å². The fourth-order valence-corrected chi connectivity index (χ4v) is 4.37. The Kier molecular flexibility index (Phi) is 3.78. The quantitative estimate of drug-likeness (QED) is 0.675. The van der Waals surface area contributed by atoms with Crippen LogP contribution in [0.15, 0.2) is 18.2 Å². The SMILES string of the molecule is COc1cc2c(cc1O)C[C@H]1c3c(cc(OC)c(OC)c3-2)CC[N+]1(C)[O-]. The molecule has 0 saturated carbocycles. The Morgan fingerprint density at radius 3 is 2.42 bits per heavy atom. The van der Waals surface area contributed by atoms with Crippen LogP contribution in [0.4, 0.5) is 0 Å². The van der Waals surface area contributed by atoms with Crippen LogP contribution in [0.3, 0.4) is 0 Å². The fraction of sp³-hybridized carbons (Fsp3) is 0.400. The van der Waals surface area contributed by atoms with E-state index in [1.165, 1.54) is 7.11 Å². The minimum Gasteiger partial charge on any atom is -0.633 e. The van der Waals surface area contributed by atoms with Crippen molar-refractivity contribution in [3.63, 3.8) is 0 Å². The zero-order valence-electron chi connectivity index (χ0n) is 15.5. The zero-order chi connectivity index (χ0) is 18.6. The van der Waals surface area contributed by atoms with E-state index in [9.17, 15) is 10.3 Å². The van der Waals surface area contributed by atoms with Gasteiger partial charge < -0.3 is 29.2 Å². The molecule has 1 heterocycles. The predicted molar refractivity (Wildman–Crippen MR) is 97.8 cm³/mol. The van der Waals surface area contributed by atoms with Crippen LogP contribution >= 0.6 is 0 Å². The maximum atomic E-state index is 13.2. The Morgan fingerprint density at radius 2 is 1.77 bits per heavy atom. The summed E-state index contributed by atoms with van der Waals surface area (Å²) in [6, 6.07) is 5.28. The second kappa shape index (κ2) is 5.79. The number of hydrogen-bond donors (Lipinski definition) is 1. The smallest absolute Gasteiger partial charge is 0.169 e. The second-order valence-corrected chi connectivity index (χ2v) is 7.11. The molecule has 6 nitrogen and oxygen atoms in total. The van der Waals surface area contributed by atoms with Crippen LogP contribution in [0.2, 0.25) is 0 Å². The summed E-state index contributed by atoms with van der Waals surface area (Å²) in [6.45, 7) is 0.518. The highest BCUT2D eigenvalue weighted by molar-refractivity contribution is 5.84. The first-order valence-electron chi connectivity index (χ1n) is 8.65. The third-order valence-electron chi connectivity index (χ3n) is 5.70. The third-order valence-corrected chi connectivity index (χ3v) is 5.70. The van der Waals surface area contributed by atoms with Gasteiger partial charge in [0.2, 0.25) is 0 Å². The van der Waals surface area contributed by atoms with Crippen LogP contribution in [-0.4, -0.2) is 44.7 Å². The number of quaternary nitrogens is 1. The molecule has 2 aromatic carbocycles. The summed E-state index contributed by atoms with van der Waals surface area (Å²) in [5.74, 6) is 1.75. The Balaban J connectivity index is 2.10. The molecule has 1 aliphatic carbocycles. The van der Waals surface area contributed by atoms with Gasteiger partial charge in [-0.05, 0) is 34.9 Å². The van der Waals surface area contributed by atoms with E-state index in [2.05, 4.69) is 0 Å². The van der Waals surface area contributed by atoms with E-state index >= 15 is 0 Å². The first kappa shape index (κ1) is 17.0. The summed E-state index contributed by atoms with van der Waals surface area (Å²) in [5, 5.41) is 23.4. The molecule has 6 heteroatoms. The highest BCUT2D eigenvalue weighted by Gasteiger charge is 2.42. The summed E-state index contributed by atoms with van der Waals surface area (Å²) in [5.41, 5.74) is 4.88. The van der Waals surface area contributed by atoms with Gasteiger partial charge in [-0.25, -0.2) is 0 Å². The van der Waals surface area contributed by atoms with Gasteiger partial charge in [-0.2, -0.15) is 0 Å². The summed E-state index contributed by atoms with van der Waals surface area (Å²) in [7, 11) is 6.47. The van der Waals surface area contributed by atoms with Crippen molar-refractivity contribution < 1.29 is 24.0 Å². The number of hydrogen-bond acceptors (Lipinski definition) is 5. The highest BCUT2D eigenvalue weighted by Crippen LogP contribution is 2.55. The number of hydroxylamine groups is 3. The van der Waals surface area contributed by atoms with Gasteiger partial charge in [0.05, 0.1) is 34.9 Å². The van der Waals surface area contributed by atoms with Gasteiger partial charge in [-0.1, -0.05) is 0 Å². The molecule has 0 radical (unpaired) electrons. The minimum atomic E-state index is -0.332. The van der Waals surface area contributed by atoms with Gasteiger partial charge in [0.25, 0.3) is 0 Å². The van der Waals surface area contributed by atoms with Crippen molar-refractivity contribution in [3.8, 4) is 34.1 Å². The van der Waals surface area contributed by atoms with Crippen molar-refractivity contribution in [1.82, 2.24) is 0 Å². The molecule has 0 saturated heterocycles. The van der Waals surface area contributed by atoms with Crippen LogP contribution in [-0.2, 0) is 12.8 Å². The first-order chi connectivity index (χ1) is 12.4. The number of nitrogens with zero attached hydrogens (tertiary/aromatic N) is 1. The lowest BCUT2D eigenvalue weighted by atomic mass is 9.76. The van der Waals surface area contributed by atoms with Gasteiger partial charge >= 0.3 is 0 Å². The number of phenols is 1. The molecule has 26 heavy (non-hydrogen) atoms. The standard InChI is InChI=1S/C20H23NO5/c1-21(23)6-5-11-9-17(25-3)20(26-4)19-13-10-16(24-2)15(22)8-12(13)7-14(21)18(11)19/h8-10,14,22H,5-7H2,1-4H3/t14-,21?/m0/s1. The molecule has 0 amide bonds. The molecule has 0 fully saturated rings. The lowest BCUT2D eigenvalue weighted by Crippen LogP contribution is -2.48. The van der Waals surface area contributed by atoms with E-state index in [4.69, 9.17) is 14.2 Å². The number of phenolic OH excluding ortho intramolecular Hbond substituents is 1. The number of ether oxygens (including phenoxy) is 3. The van der Waals surface area contributed by atoms with Crippen LogP contribution < -0.4 is 14.2 Å². The molecule has 1 N–H and O–H groups in total. The van der Waals surface area contributed by atoms with Crippen molar-refractivity contribution in [3.05, 3.63) is 40.1 Å². The summed E-state index contributed by atoms with van der Waals surface area (Å²) in [6.07, 6.45) is 1.27. The van der Waals surface area contributed by atoms with E-state index in [1.54, 1.807) is 27.3 Å². The molecular weight excluding hydrogens is 334 g/mol. The molecule has 0 spiro atoms. The number of rotatable bonds is 3. The molecule has 1 aliphatic heterocycles. The number of benzene rings is 2. The lowest BCUT2D eigenvalue weighted by molar-refractivity contribution is -0.894.